The maximum Gasteiger partial charge on any atom is 0.162 e. The normalized spacial score (nSPS) is 20.1. The van der Waals surface area contributed by atoms with Crippen LogP contribution in [0.5, 0.6) is 0 Å². The van der Waals surface area contributed by atoms with Gasteiger partial charge < -0.3 is 4.74 Å². The Morgan fingerprint density at radius 3 is 2.93 bits per heavy atom. The number of carbonyl (C=O) groups is 1. The summed E-state index contributed by atoms with van der Waals surface area (Å²) in [7, 11) is 0. The summed E-state index contributed by atoms with van der Waals surface area (Å²) in [6.07, 6.45) is 2.69. The molecular weight excluding hydrogens is 195 g/mol. The number of allylic oxidation sites excluding steroid dienone is 1. The highest BCUT2D eigenvalue weighted by molar-refractivity contribution is 5.90. The van der Waals surface area contributed by atoms with E-state index in [4.69, 9.17) is 4.74 Å². The van der Waals surface area contributed by atoms with Crippen LogP contribution in [0.2, 0.25) is 0 Å². The molecule has 0 aromatic heterocycles. The number of benzene rings is 1. The van der Waals surface area contributed by atoms with Gasteiger partial charge in [0.25, 0.3) is 0 Å². The third-order valence-corrected chi connectivity index (χ3v) is 2.45. The summed E-state index contributed by atoms with van der Waals surface area (Å²) in [5, 5.41) is 0. The molecule has 1 aromatic rings. The summed E-state index contributed by atoms with van der Waals surface area (Å²) in [5.41, 5.74) is 1.30. The van der Waals surface area contributed by atoms with Crippen LogP contribution in [0.25, 0.3) is 0 Å². The van der Waals surface area contributed by atoms with E-state index in [0.29, 0.717) is 11.1 Å². The molecule has 3 heteroatoms. The number of carbonyl (C=O) groups excluding carboxylic acids is 1. The van der Waals surface area contributed by atoms with Gasteiger partial charge in [0.2, 0.25) is 0 Å². The molecule has 0 spiro atoms. The van der Waals surface area contributed by atoms with Crippen LogP contribution in [0.15, 0.2) is 30.5 Å². The Bertz CT molecular complexity index is 424. The quantitative estimate of drug-likeness (QED) is 0.706. The average molecular weight is 206 g/mol. The van der Waals surface area contributed by atoms with Crippen molar-refractivity contribution in [1.29, 1.82) is 0 Å². The van der Waals surface area contributed by atoms with Gasteiger partial charge in [-0.25, -0.2) is 4.39 Å². The second kappa shape index (κ2) is 3.85. The second-order valence-electron chi connectivity index (χ2n) is 3.61. The Kier molecular flexibility index (Phi) is 2.54. The molecule has 1 aromatic carbocycles. The van der Waals surface area contributed by atoms with Crippen molar-refractivity contribution in [2.75, 3.05) is 0 Å². The molecule has 1 aliphatic heterocycles. The zero-order valence-electron chi connectivity index (χ0n) is 8.37. The van der Waals surface area contributed by atoms with Crippen molar-refractivity contribution < 1.29 is 13.9 Å². The van der Waals surface area contributed by atoms with Gasteiger partial charge >= 0.3 is 0 Å². The van der Waals surface area contributed by atoms with Gasteiger partial charge in [0, 0.05) is 6.08 Å². The molecule has 1 atom stereocenters. The van der Waals surface area contributed by atoms with Crippen LogP contribution < -0.4 is 0 Å². The lowest BCUT2D eigenvalue weighted by Crippen LogP contribution is -2.11. The number of ketones is 1. The predicted molar refractivity (Wildman–Crippen MR) is 53.7 cm³/mol. The monoisotopic (exact) mass is 206 g/mol. The largest absolute Gasteiger partial charge is 0.493 e. The molecule has 0 aliphatic carbocycles. The highest BCUT2D eigenvalue weighted by Gasteiger charge is 2.19. The van der Waals surface area contributed by atoms with Crippen LogP contribution in [0.3, 0.4) is 0 Å². The van der Waals surface area contributed by atoms with Crippen molar-refractivity contribution in [3.8, 4) is 0 Å². The minimum absolute atomic E-state index is 0.00670. The van der Waals surface area contributed by atoms with Gasteiger partial charge in [-0.15, -0.1) is 0 Å². The van der Waals surface area contributed by atoms with Gasteiger partial charge in [0.05, 0.1) is 12.7 Å². The van der Waals surface area contributed by atoms with Crippen molar-refractivity contribution in [1.82, 2.24) is 0 Å². The number of halogens is 1. The first-order chi connectivity index (χ1) is 7.16. The fourth-order valence-corrected chi connectivity index (χ4v) is 1.51. The maximum absolute atomic E-state index is 13.3. The predicted octanol–water partition coefficient (Wildman–Crippen LogP) is 2.68. The molecule has 0 N–H and O–H groups in total. The van der Waals surface area contributed by atoms with E-state index in [-0.39, 0.29) is 24.1 Å². The van der Waals surface area contributed by atoms with Crippen LogP contribution in [-0.2, 0) is 9.53 Å². The summed E-state index contributed by atoms with van der Waals surface area (Å²) < 4.78 is 18.5. The van der Waals surface area contributed by atoms with E-state index in [0.717, 1.165) is 0 Å². The maximum atomic E-state index is 13.3. The van der Waals surface area contributed by atoms with Crippen molar-refractivity contribution in [2.24, 2.45) is 0 Å². The van der Waals surface area contributed by atoms with Gasteiger partial charge in [0.15, 0.2) is 5.78 Å². The molecule has 15 heavy (non-hydrogen) atoms. The third kappa shape index (κ3) is 2.06. The zero-order valence-corrected chi connectivity index (χ0v) is 8.37. The van der Waals surface area contributed by atoms with Crippen LogP contribution >= 0.6 is 0 Å². The van der Waals surface area contributed by atoms with Gasteiger partial charge in [-0.2, -0.15) is 0 Å². The molecule has 1 unspecified atom stereocenters. The number of hydrogen-bond acceptors (Lipinski definition) is 2. The van der Waals surface area contributed by atoms with E-state index in [1.54, 1.807) is 19.1 Å². The minimum Gasteiger partial charge on any atom is -0.493 e. The van der Waals surface area contributed by atoms with Crippen LogP contribution in [0, 0.1) is 12.7 Å². The molecular formula is C12H11FO2. The summed E-state index contributed by atoms with van der Waals surface area (Å²) >= 11 is 0. The Balaban J connectivity index is 2.26. The summed E-state index contributed by atoms with van der Waals surface area (Å²) in [5.74, 6) is -0.259. The van der Waals surface area contributed by atoms with Crippen molar-refractivity contribution in [3.63, 3.8) is 0 Å². The van der Waals surface area contributed by atoms with Crippen LogP contribution in [-0.4, -0.2) is 5.78 Å². The Hall–Kier alpha value is -1.64. The highest BCUT2D eigenvalue weighted by Crippen LogP contribution is 2.26. The summed E-state index contributed by atoms with van der Waals surface area (Å²) in [6.45, 7) is 1.70. The van der Waals surface area contributed by atoms with E-state index in [9.17, 15) is 9.18 Å². The SMILES string of the molecule is Cc1ccc(C2CC(=O)C=CO2)cc1F. The summed E-state index contributed by atoms with van der Waals surface area (Å²) in [6, 6.07) is 4.90. The average Bonchev–Trinajstić information content (AvgIpc) is 2.22. The topological polar surface area (TPSA) is 26.3 Å². The van der Waals surface area contributed by atoms with Gasteiger partial charge in [-0.3, -0.25) is 4.79 Å². The molecule has 1 heterocycles. The highest BCUT2D eigenvalue weighted by atomic mass is 19.1. The van der Waals surface area contributed by atoms with Gasteiger partial charge in [-0.05, 0) is 24.1 Å². The molecule has 78 valence electrons. The van der Waals surface area contributed by atoms with Crippen molar-refractivity contribution >= 4 is 5.78 Å². The number of ether oxygens (including phenoxy) is 1. The fourth-order valence-electron chi connectivity index (χ4n) is 1.51. The fraction of sp³-hybridized carbons (Fsp3) is 0.250. The molecule has 0 bridgehead atoms. The van der Waals surface area contributed by atoms with E-state index in [2.05, 4.69) is 0 Å². The van der Waals surface area contributed by atoms with Crippen LogP contribution in [0.1, 0.15) is 23.7 Å². The molecule has 0 fully saturated rings. The summed E-state index contributed by atoms with van der Waals surface area (Å²) in [4.78, 5) is 11.1. The first kappa shape index (κ1) is 9.90. The van der Waals surface area contributed by atoms with E-state index in [1.165, 1.54) is 18.4 Å². The molecule has 0 saturated carbocycles. The lowest BCUT2D eigenvalue weighted by molar-refractivity contribution is -0.118. The van der Waals surface area contributed by atoms with E-state index < -0.39 is 0 Å². The van der Waals surface area contributed by atoms with Gasteiger partial charge in [-0.1, -0.05) is 12.1 Å². The van der Waals surface area contributed by atoms with Crippen molar-refractivity contribution in [3.05, 3.63) is 47.5 Å². The Morgan fingerprint density at radius 1 is 1.47 bits per heavy atom. The molecule has 2 rings (SSSR count). The molecule has 0 saturated heterocycles. The third-order valence-electron chi connectivity index (χ3n) is 2.45. The lowest BCUT2D eigenvalue weighted by Gasteiger charge is -2.19. The molecule has 0 radical (unpaired) electrons. The molecule has 2 nitrogen and oxygen atoms in total. The van der Waals surface area contributed by atoms with E-state index in [1.807, 2.05) is 0 Å². The van der Waals surface area contributed by atoms with Gasteiger partial charge in [0.1, 0.15) is 11.9 Å². The smallest absolute Gasteiger partial charge is 0.162 e. The lowest BCUT2D eigenvalue weighted by atomic mass is 10.0. The number of rotatable bonds is 1. The Morgan fingerprint density at radius 2 is 2.27 bits per heavy atom. The molecule has 1 aliphatic rings. The Labute approximate surface area is 87.4 Å². The van der Waals surface area contributed by atoms with E-state index >= 15 is 0 Å². The zero-order chi connectivity index (χ0) is 10.8. The second-order valence-corrected chi connectivity index (χ2v) is 3.61. The standard InChI is InChI=1S/C12H11FO2/c1-8-2-3-9(6-11(8)13)12-7-10(14)4-5-15-12/h2-6,12H,7H2,1H3. The van der Waals surface area contributed by atoms with Crippen LogP contribution in [0.4, 0.5) is 4.39 Å². The first-order valence-electron chi connectivity index (χ1n) is 4.78. The first-order valence-corrected chi connectivity index (χ1v) is 4.78. The minimum atomic E-state index is -0.349. The molecule has 0 amide bonds. The number of hydrogen-bond donors (Lipinski definition) is 0. The van der Waals surface area contributed by atoms with Crippen molar-refractivity contribution in [2.45, 2.75) is 19.4 Å². The number of aryl methyl sites for hydroxylation is 1.